The van der Waals surface area contributed by atoms with Gasteiger partial charge < -0.3 is 14.8 Å². The minimum absolute atomic E-state index is 0.0217. The summed E-state index contributed by atoms with van der Waals surface area (Å²) in [5.74, 6) is -2.09. The van der Waals surface area contributed by atoms with Gasteiger partial charge in [0, 0.05) is 37.4 Å². The highest BCUT2D eigenvalue weighted by Gasteiger charge is 2.70. The Balaban J connectivity index is 1.68. The van der Waals surface area contributed by atoms with Gasteiger partial charge in [-0.15, -0.1) is 0 Å². The fourth-order valence-corrected chi connectivity index (χ4v) is 3.11. The number of nitrogens with one attached hydrogen (secondary N) is 1. The zero-order valence-corrected chi connectivity index (χ0v) is 18.1. The number of aryl methyl sites for hydroxylation is 1. The molecule has 0 aliphatic rings. The maximum atomic E-state index is 14.2. The van der Waals surface area contributed by atoms with Crippen LogP contribution in [0.2, 0.25) is 0 Å². The molecule has 4 aromatic rings. The standard InChI is InChI=1S/C20H15F7N8O/c1-10-29-5-11(6-30-10)4-13-17-28-2-3-35(17)8-14(33-13)16-31-7-12(21)15(34-16)32-9-18(36,19(22,23)24)20(25,26)27/h2-3,5-8,36H,4,9H2,1H3,(H,31,32,34). The third-order valence-corrected chi connectivity index (χ3v) is 5.07. The first-order chi connectivity index (χ1) is 16.8. The first-order valence-electron chi connectivity index (χ1n) is 10.0. The van der Waals surface area contributed by atoms with Gasteiger partial charge in [0.05, 0.1) is 18.4 Å². The molecule has 190 valence electrons. The van der Waals surface area contributed by atoms with Crippen LogP contribution in [0.1, 0.15) is 17.1 Å². The lowest BCUT2D eigenvalue weighted by atomic mass is 10.0. The van der Waals surface area contributed by atoms with Crippen molar-refractivity contribution >= 4 is 11.5 Å². The fraction of sp³-hybridized carbons (Fsp3) is 0.300. The maximum Gasteiger partial charge on any atom is 0.428 e. The van der Waals surface area contributed by atoms with Gasteiger partial charge in [-0.05, 0) is 12.5 Å². The Kier molecular flexibility index (Phi) is 6.24. The molecule has 0 amide bonds. The van der Waals surface area contributed by atoms with E-state index in [0.717, 1.165) is 0 Å². The van der Waals surface area contributed by atoms with Crippen LogP contribution in [-0.4, -0.2) is 63.9 Å². The smallest absolute Gasteiger partial charge is 0.372 e. The Labute approximate surface area is 197 Å². The van der Waals surface area contributed by atoms with E-state index in [1.54, 1.807) is 35.2 Å². The average Bonchev–Trinajstić information content (AvgIpc) is 3.27. The van der Waals surface area contributed by atoms with E-state index in [1.165, 1.54) is 12.4 Å². The molecule has 0 saturated heterocycles. The summed E-state index contributed by atoms with van der Waals surface area (Å²) in [7, 11) is 0. The number of rotatable bonds is 6. The number of imidazole rings is 1. The molecule has 0 atom stereocenters. The van der Waals surface area contributed by atoms with Crippen molar-refractivity contribution in [2.24, 2.45) is 0 Å². The summed E-state index contributed by atoms with van der Waals surface area (Å²) in [5, 5.41) is 10.9. The van der Waals surface area contributed by atoms with E-state index >= 15 is 0 Å². The Bertz CT molecular complexity index is 1370. The molecule has 16 heteroatoms. The SMILES string of the molecule is Cc1ncc(Cc2nc(-c3ncc(F)c(NCC(O)(C(F)(F)F)C(F)(F)F)n3)cn3ccnc23)cn1. The van der Waals surface area contributed by atoms with Gasteiger partial charge >= 0.3 is 12.4 Å². The van der Waals surface area contributed by atoms with E-state index in [1.807, 2.05) is 0 Å². The van der Waals surface area contributed by atoms with E-state index in [2.05, 4.69) is 29.9 Å². The lowest BCUT2D eigenvalue weighted by Gasteiger charge is -2.32. The number of alkyl halides is 6. The van der Waals surface area contributed by atoms with Crippen molar-refractivity contribution in [2.75, 3.05) is 11.9 Å². The molecular formula is C20H15F7N8O. The first kappa shape index (κ1) is 25.2. The van der Waals surface area contributed by atoms with Crippen molar-refractivity contribution < 1.29 is 35.8 Å². The fourth-order valence-electron chi connectivity index (χ4n) is 3.11. The molecular weight excluding hydrogens is 501 g/mol. The first-order valence-corrected chi connectivity index (χ1v) is 10.0. The van der Waals surface area contributed by atoms with Gasteiger partial charge in [0.2, 0.25) is 0 Å². The van der Waals surface area contributed by atoms with Crippen LogP contribution in [0.15, 0.2) is 37.2 Å². The van der Waals surface area contributed by atoms with Crippen LogP contribution in [0.4, 0.5) is 36.6 Å². The van der Waals surface area contributed by atoms with E-state index < -0.39 is 36.1 Å². The molecule has 0 aromatic carbocycles. The Morgan fingerprint density at radius 3 is 2.25 bits per heavy atom. The summed E-state index contributed by atoms with van der Waals surface area (Å²) in [6.07, 6.45) is -3.82. The summed E-state index contributed by atoms with van der Waals surface area (Å²) < 4.78 is 93.4. The lowest BCUT2D eigenvalue weighted by Crippen LogP contribution is -2.61. The molecule has 0 aliphatic carbocycles. The molecule has 0 fully saturated rings. The van der Waals surface area contributed by atoms with Gasteiger partial charge in [0.25, 0.3) is 5.60 Å². The summed E-state index contributed by atoms with van der Waals surface area (Å²) >= 11 is 0. The van der Waals surface area contributed by atoms with E-state index in [-0.39, 0.29) is 17.9 Å². The number of aromatic nitrogens is 7. The molecule has 0 bridgehead atoms. The molecule has 0 aliphatic heterocycles. The molecule has 0 radical (unpaired) electrons. The van der Waals surface area contributed by atoms with Gasteiger partial charge in [0.1, 0.15) is 11.5 Å². The monoisotopic (exact) mass is 516 g/mol. The number of aliphatic hydroxyl groups is 1. The largest absolute Gasteiger partial charge is 0.428 e. The van der Waals surface area contributed by atoms with Crippen LogP contribution in [0, 0.1) is 12.7 Å². The predicted octanol–water partition coefficient (Wildman–Crippen LogP) is 3.28. The number of hydrogen-bond donors (Lipinski definition) is 2. The van der Waals surface area contributed by atoms with E-state index in [0.29, 0.717) is 28.9 Å². The second-order valence-electron chi connectivity index (χ2n) is 7.65. The van der Waals surface area contributed by atoms with Crippen LogP contribution in [0.3, 0.4) is 0 Å². The van der Waals surface area contributed by atoms with Crippen LogP contribution in [0.25, 0.3) is 17.2 Å². The average molecular weight is 516 g/mol. The highest BCUT2D eigenvalue weighted by Crippen LogP contribution is 2.43. The third-order valence-electron chi connectivity index (χ3n) is 5.07. The summed E-state index contributed by atoms with van der Waals surface area (Å²) in [5.41, 5.74) is -3.60. The molecule has 0 spiro atoms. The highest BCUT2D eigenvalue weighted by atomic mass is 19.4. The Morgan fingerprint density at radius 2 is 1.61 bits per heavy atom. The van der Waals surface area contributed by atoms with Gasteiger partial charge in [-0.2, -0.15) is 26.3 Å². The number of halogens is 7. The van der Waals surface area contributed by atoms with E-state index in [4.69, 9.17) is 0 Å². The van der Waals surface area contributed by atoms with Gasteiger partial charge in [-0.25, -0.2) is 34.3 Å². The van der Waals surface area contributed by atoms with Crippen LogP contribution in [-0.2, 0) is 6.42 Å². The highest BCUT2D eigenvalue weighted by molar-refractivity contribution is 5.57. The van der Waals surface area contributed by atoms with Crippen molar-refractivity contribution in [1.29, 1.82) is 0 Å². The van der Waals surface area contributed by atoms with Crippen molar-refractivity contribution in [3.05, 3.63) is 60.1 Å². The number of fused-ring (bicyclic) bond motifs is 1. The van der Waals surface area contributed by atoms with Crippen LogP contribution >= 0.6 is 0 Å². The zero-order valence-electron chi connectivity index (χ0n) is 18.1. The molecule has 0 unspecified atom stereocenters. The maximum absolute atomic E-state index is 14.2. The van der Waals surface area contributed by atoms with Crippen molar-refractivity contribution in [1.82, 2.24) is 34.3 Å². The molecule has 9 nitrogen and oxygen atoms in total. The van der Waals surface area contributed by atoms with Crippen LogP contribution < -0.4 is 5.32 Å². The minimum atomic E-state index is -6.09. The zero-order chi connectivity index (χ0) is 26.3. The number of anilines is 1. The molecule has 4 heterocycles. The van der Waals surface area contributed by atoms with E-state index in [9.17, 15) is 35.8 Å². The van der Waals surface area contributed by atoms with Crippen molar-refractivity contribution in [3.8, 4) is 11.5 Å². The third kappa shape index (κ3) is 4.75. The Morgan fingerprint density at radius 1 is 0.944 bits per heavy atom. The summed E-state index contributed by atoms with van der Waals surface area (Å²) in [4.78, 5) is 24.2. The predicted molar refractivity (Wildman–Crippen MR) is 109 cm³/mol. The molecule has 36 heavy (non-hydrogen) atoms. The number of nitrogens with zero attached hydrogens (tertiary/aromatic N) is 7. The molecule has 4 rings (SSSR count). The topological polar surface area (TPSA) is 114 Å². The van der Waals surface area contributed by atoms with Gasteiger partial charge in [-0.3, -0.25) is 0 Å². The van der Waals surface area contributed by atoms with Crippen molar-refractivity contribution in [2.45, 2.75) is 31.3 Å². The van der Waals surface area contributed by atoms with Crippen LogP contribution in [0.5, 0.6) is 0 Å². The summed E-state index contributed by atoms with van der Waals surface area (Å²) in [6, 6.07) is 0. The molecule has 4 aromatic heterocycles. The second-order valence-corrected chi connectivity index (χ2v) is 7.65. The van der Waals surface area contributed by atoms with Gasteiger partial charge in [0.15, 0.2) is 23.1 Å². The molecule has 0 saturated carbocycles. The lowest BCUT2D eigenvalue weighted by molar-refractivity contribution is -0.362. The molecule has 2 N–H and O–H groups in total. The minimum Gasteiger partial charge on any atom is -0.372 e. The van der Waals surface area contributed by atoms with Crippen molar-refractivity contribution in [3.63, 3.8) is 0 Å². The summed E-state index contributed by atoms with van der Waals surface area (Å²) in [6.45, 7) is -0.433. The quantitative estimate of drug-likeness (QED) is 0.376. The normalized spacial score (nSPS) is 12.8. The second kappa shape index (κ2) is 8.92. The number of hydrogen-bond acceptors (Lipinski definition) is 8. The Hall–Kier alpha value is -3.95. The van der Waals surface area contributed by atoms with Gasteiger partial charge in [-0.1, -0.05) is 0 Å².